The number of carbonyl (C=O) groups excluding carboxylic acids is 1. The van der Waals surface area contributed by atoms with Gasteiger partial charge < -0.3 is 10.4 Å². The Labute approximate surface area is 144 Å². The van der Waals surface area contributed by atoms with Crippen LogP contribution in [0.15, 0.2) is 30.3 Å². The second-order valence-corrected chi connectivity index (χ2v) is 6.33. The number of benzene rings is 1. The van der Waals surface area contributed by atoms with Crippen molar-refractivity contribution in [3.63, 3.8) is 0 Å². The zero-order chi connectivity index (χ0) is 17.2. The van der Waals surface area contributed by atoms with Gasteiger partial charge in [0, 0.05) is 24.1 Å². The number of rotatable bonds is 10. The first-order valence-electron chi connectivity index (χ1n) is 8.98. The number of unbranched alkanes of at least 4 members (excludes halogenated alkanes) is 6. The summed E-state index contributed by atoms with van der Waals surface area (Å²) in [6.45, 7) is 2.24. The van der Waals surface area contributed by atoms with E-state index in [1.165, 1.54) is 12.8 Å². The molecule has 4 heteroatoms. The molecule has 1 amide bonds. The van der Waals surface area contributed by atoms with Gasteiger partial charge in [0.1, 0.15) is 0 Å². The summed E-state index contributed by atoms with van der Waals surface area (Å²) >= 11 is 0. The Balaban J connectivity index is 1.75. The van der Waals surface area contributed by atoms with Crippen LogP contribution in [0.5, 0.6) is 0 Å². The van der Waals surface area contributed by atoms with Crippen LogP contribution in [0.2, 0.25) is 0 Å². The highest BCUT2D eigenvalue weighted by Gasteiger charge is 2.07. The molecule has 1 aromatic heterocycles. The number of aromatic nitrogens is 1. The number of amides is 1. The van der Waals surface area contributed by atoms with E-state index >= 15 is 0 Å². The van der Waals surface area contributed by atoms with Crippen LogP contribution in [-0.2, 0) is 4.79 Å². The Kier molecular flexibility index (Phi) is 7.69. The second kappa shape index (κ2) is 10.0. The van der Waals surface area contributed by atoms with Gasteiger partial charge in [0.15, 0.2) is 0 Å². The first-order valence-corrected chi connectivity index (χ1v) is 8.98. The number of pyridine rings is 1. The van der Waals surface area contributed by atoms with Crippen LogP contribution in [0.4, 0.5) is 5.69 Å². The minimum atomic E-state index is 0.0750. The molecule has 0 atom stereocenters. The van der Waals surface area contributed by atoms with Crippen molar-refractivity contribution in [3.8, 4) is 0 Å². The van der Waals surface area contributed by atoms with Crippen LogP contribution in [0.25, 0.3) is 10.9 Å². The predicted octanol–water partition coefficient (Wildman–Crippen LogP) is 4.59. The molecule has 0 aliphatic rings. The van der Waals surface area contributed by atoms with Crippen molar-refractivity contribution < 1.29 is 9.90 Å². The highest BCUT2D eigenvalue weighted by molar-refractivity contribution is 6.00. The molecule has 2 rings (SSSR count). The van der Waals surface area contributed by atoms with Gasteiger partial charge in [-0.2, -0.15) is 0 Å². The minimum absolute atomic E-state index is 0.0750. The van der Waals surface area contributed by atoms with Crippen LogP contribution in [0.3, 0.4) is 0 Å². The summed E-state index contributed by atoms with van der Waals surface area (Å²) < 4.78 is 0. The lowest BCUT2D eigenvalue weighted by Crippen LogP contribution is -2.11. The third-order valence-electron chi connectivity index (χ3n) is 4.18. The van der Waals surface area contributed by atoms with E-state index in [9.17, 15) is 4.79 Å². The van der Waals surface area contributed by atoms with Gasteiger partial charge in [-0.15, -0.1) is 0 Å². The van der Waals surface area contributed by atoms with E-state index in [2.05, 4.69) is 10.3 Å². The Morgan fingerprint density at radius 2 is 1.71 bits per heavy atom. The Morgan fingerprint density at radius 1 is 1.04 bits per heavy atom. The van der Waals surface area contributed by atoms with Crippen molar-refractivity contribution in [1.29, 1.82) is 0 Å². The largest absolute Gasteiger partial charge is 0.396 e. The SMILES string of the molecule is Cc1cc(NC(=O)CCCCCCCCCO)c2ccccc2n1. The van der Waals surface area contributed by atoms with E-state index in [0.717, 1.165) is 54.4 Å². The lowest BCUT2D eigenvalue weighted by molar-refractivity contribution is -0.116. The molecule has 1 aromatic carbocycles. The molecule has 2 aromatic rings. The molecule has 24 heavy (non-hydrogen) atoms. The minimum Gasteiger partial charge on any atom is -0.396 e. The molecule has 0 saturated carbocycles. The van der Waals surface area contributed by atoms with Gasteiger partial charge in [0.25, 0.3) is 0 Å². The first kappa shape index (κ1) is 18.4. The zero-order valence-electron chi connectivity index (χ0n) is 14.6. The maximum atomic E-state index is 12.2. The van der Waals surface area contributed by atoms with Crippen molar-refractivity contribution >= 4 is 22.5 Å². The fourth-order valence-corrected chi connectivity index (χ4v) is 2.91. The van der Waals surface area contributed by atoms with Crippen molar-refractivity contribution in [1.82, 2.24) is 4.98 Å². The molecule has 1 heterocycles. The van der Waals surface area contributed by atoms with E-state index in [1.54, 1.807) is 0 Å². The van der Waals surface area contributed by atoms with E-state index in [0.29, 0.717) is 13.0 Å². The molecular weight excluding hydrogens is 300 g/mol. The lowest BCUT2D eigenvalue weighted by atomic mass is 10.1. The number of aliphatic hydroxyl groups is 1. The molecule has 0 fully saturated rings. The highest BCUT2D eigenvalue weighted by Crippen LogP contribution is 2.23. The van der Waals surface area contributed by atoms with Gasteiger partial charge in [-0.05, 0) is 31.9 Å². The number of aryl methyl sites for hydroxylation is 1. The summed E-state index contributed by atoms with van der Waals surface area (Å²) in [4.78, 5) is 16.7. The molecule has 0 bridgehead atoms. The molecule has 0 spiro atoms. The van der Waals surface area contributed by atoms with Crippen LogP contribution in [-0.4, -0.2) is 22.6 Å². The van der Waals surface area contributed by atoms with Crippen LogP contribution >= 0.6 is 0 Å². The van der Waals surface area contributed by atoms with E-state index < -0.39 is 0 Å². The van der Waals surface area contributed by atoms with Crippen molar-refractivity contribution in [2.45, 2.75) is 58.3 Å². The Hall–Kier alpha value is -1.94. The topological polar surface area (TPSA) is 62.2 Å². The van der Waals surface area contributed by atoms with Gasteiger partial charge in [-0.25, -0.2) is 0 Å². The van der Waals surface area contributed by atoms with Gasteiger partial charge >= 0.3 is 0 Å². The maximum Gasteiger partial charge on any atom is 0.224 e. The van der Waals surface area contributed by atoms with Crippen LogP contribution in [0, 0.1) is 6.92 Å². The number of hydrogen-bond acceptors (Lipinski definition) is 3. The molecule has 0 saturated heterocycles. The van der Waals surface area contributed by atoms with Crippen molar-refractivity contribution in [2.24, 2.45) is 0 Å². The zero-order valence-corrected chi connectivity index (χ0v) is 14.6. The molecule has 0 aliphatic heterocycles. The average Bonchev–Trinajstić information content (AvgIpc) is 2.57. The van der Waals surface area contributed by atoms with E-state index in [4.69, 9.17) is 5.11 Å². The number of aliphatic hydroxyl groups excluding tert-OH is 1. The molecule has 0 radical (unpaired) electrons. The van der Waals surface area contributed by atoms with Crippen molar-refractivity contribution in [3.05, 3.63) is 36.0 Å². The lowest BCUT2D eigenvalue weighted by Gasteiger charge is -2.09. The number of nitrogens with zero attached hydrogens (tertiary/aromatic N) is 1. The normalized spacial score (nSPS) is 10.9. The Bertz CT molecular complexity index is 655. The van der Waals surface area contributed by atoms with Crippen LogP contribution < -0.4 is 5.32 Å². The number of anilines is 1. The maximum absolute atomic E-state index is 12.2. The van der Waals surface area contributed by atoms with Gasteiger partial charge in [0.2, 0.25) is 5.91 Å². The Morgan fingerprint density at radius 3 is 2.46 bits per heavy atom. The van der Waals surface area contributed by atoms with Gasteiger partial charge in [-0.1, -0.05) is 50.3 Å². The second-order valence-electron chi connectivity index (χ2n) is 6.33. The number of hydrogen-bond donors (Lipinski definition) is 2. The molecule has 4 nitrogen and oxygen atoms in total. The summed E-state index contributed by atoms with van der Waals surface area (Å²) in [5, 5.41) is 12.7. The van der Waals surface area contributed by atoms with E-state index in [1.807, 2.05) is 37.3 Å². The molecular formula is C20H28N2O2. The third-order valence-corrected chi connectivity index (χ3v) is 4.18. The molecule has 0 unspecified atom stereocenters. The monoisotopic (exact) mass is 328 g/mol. The molecule has 2 N–H and O–H groups in total. The fourth-order valence-electron chi connectivity index (χ4n) is 2.91. The van der Waals surface area contributed by atoms with Crippen LogP contribution in [0.1, 0.15) is 57.1 Å². The number of fused-ring (bicyclic) bond motifs is 1. The standard InChI is InChI=1S/C20H28N2O2/c1-16-15-19(17-11-8-9-12-18(17)21-16)22-20(24)13-7-5-3-2-4-6-10-14-23/h8-9,11-12,15,23H,2-7,10,13-14H2,1H3,(H,21,22,24). The summed E-state index contributed by atoms with van der Waals surface area (Å²) in [7, 11) is 0. The average molecular weight is 328 g/mol. The van der Waals surface area contributed by atoms with Gasteiger partial charge in [0.05, 0.1) is 11.2 Å². The summed E-state index contributed by atoms with van der Waals surface area (Å²) in [6.07, 6.45) is 8.11. The predicted molar refractivity (Wildman–Crippen MR) is 99.1 cm³/mol. The number of carbonyl (C=O) groups is 1. The summed E-state index contributed by atoms with van der Waals surface area (Å²) in [5.41, 5.74) is 2.68. The summed E-state index contributed by atoms with van der Waals surface area (Å²) in [6, 6.07) is 9.81. The number of nitrogens with one attached hydrogen (secondary N) is 1. The van der Waals surface area contributed by atoms with Gasteiger partial charge in [-0.3, -0.25) is 9.78 Å². The molecule has 0 aliphatic carbocycles. The van der Waals surface area contributed by atoms with E-state index in [-0.39, 0.29) is 5.91 Å². The van der Waals surface area contributed by atoms with Crippen molar-refractivity contribution in [2.75, 3.05) is 11.9 Å². The smallest absolute Gasteiger partial charge is 0.224 e. The molecule has 130 valence electrons. The summed E-state index contributed by atoms with van der Waals surface area (Å²) in [5.74, 6) is 0.0750. The third kappa shape index (κ3) is 5.93. The fraction of sp³-hybridized carbons (Fsp3) is 0.500. The number of para-hydroxylation sites is 1. The highest BCUT2D eigenvalue weighted by atomic mass is 16.2. The quantitative estimate of drug-likeness (QED) is 0.627. The first-order chi connectivity index (χ1) is 11.7.